The van der Waals surface area contributed by atoms with Gasteiger partial charge in [-0.25, -0.2) is 0 Å². The summed E-state index contributed by atoms with van der Waals surface area (Å²) in [5.41, 5.74) is -0.233. The van der Waals surface area contributed by atoms with Gasteiger partial charge in [-0.1, -0.05) is 6.07 Å². The highest BCUT2D eigenvalue weighted by molar-refractivity contribution is 6.61. The fourth-order valence-electron chi connectivity index (χ4n) is 1.89. The van der Waals surface area contributed by atoms with Gasteiger partial charge in [0.15, 0.2) is 0 Å². The van der Waals surface area contributed by atoms with E-state index in [1.165, 1.54) is 0 Å². The summed E-state index contributed by atoms with van der Waals surface area (Å²) < 4.78 is 11.6. The number of carbonyl (C=O) groups is 1. The van der Waals surface area contributed by atoms with Gasteiger partial charge in [0.2, 0.25) is 5.56 Å². The van der Waals surface area contributed by atoms with Crippen LogP contribution in [-0.2, 0) is 20.5 Å². The number of rotatable bonds is 3. The van der Waals surface area contributed by atoms with Crippen LogP contribution in [0.15, 0.2) is 16.9 Å². The van der Waals surface area contributed by atoms with Gasteiger partial charge < -0.3 is 19.1 Å². The molecule has 1 N–H and O–H groups in total. The topological polar surface area (TPSA) is 68.4 Å². The van der Waals surface area contributed by atoms with E-state index < -0.39 is 18.3 Å². The average Bonchev–Trinajstić information content (AvgIpc) is 2.48. The Morgan fingerprint density at radius 2 is 1.79 bits per heavy atom. The van der Waals surface area contributed by atoms with Gasteiger partial charge in [-0.2, -0.15) is 0 Å². The van der Waals surface area contributed by atoms with E-state index in [-0.39, 0.29) is 12.0 Å². The standard InChI is InChI=1S/C13H18BNO4/c1-12(2)13(3,4)19-14(18-12)10-6-5-9(7-8-16)15-11(10)17/h5-6,8H,7H2,1-4H3,(H,15,17). The molecule has 5 nitrogen and oxygen atoms in total. The first-order valence-electron chi connectivity index (χ1n) is 6.28. The Bertz CT molecular complexity index is 534. The Morgan fingerprint density at radius 1 is 1.21 bits per heavy atom. The summed E-state index contributed by atoms with van der Waals surface area (Å²) in [6, 6.07) is 3.36. The van der Waals surface area contributed by atoms with Crippen molar-refractivity contribution in [1.29, 1.82) is 0 Å². The SMILES string of the molecule is CC1(C)OB(c2ccc(CC=O)[nH]c2=O)OC1(C)C. The number of aromatic amines is 1. The van der Waals surface area contributed by atoms with Crippen LogP contribution in [0, 0.1) is 0 Å². The largest absolute Gasteiger partial charge is 0.500 e. The highest BCUT2D eigenvalue weighted by Crippen LogP contribution is 2.36. The van der Waals surface area contributed by atoms with E-state index in [9.17, 15) is 9.59 Å². The van der Waals surface area contributed by atoms with E-state index in [2.05, 4.69) is 4.98 Å². The van der Waals surface area contributed by atoms with Crippen LogP contribution >= 0.6 is 0 Å². The van der Waals surface area contributed by atoms with Crippen LogP contribution in [0.2, 0.25) is 0 Å². The van der Waals surface area contributed by atoms with Crippen molar-refractivity contribution in [2.75, 3.05) is 0 Å². The van der Waals surface area contributed by atoms with Crippen LogP contribution in [0.5, 0.6) is 0 Å². The minimum absolute atomic E-state index is 0.193. The van der Waals surface area contributed by atoms with E-state index in [4.69, 9.17) is 9.31 Å². The van der Waals surface area contributed by atoms with E-state index in [0.717, 1.165) is 6.29 Å². The fourth-order valence-corrected chi connectivity index (χ4v) is 1.89. The summed E-state index contributed by atoms with van der Waals surface area (Å²) in [6.45, 7) is 7.73. The van der Waals surface area contributed by atoms with Crippen LogP contribution in [0.3, 0.4) is 0 Å². The van der Waals surface area contributed by atoms with Crippen molar-refractivity contribution in [2.24, 2.45) is 0 Å². The number of aldehydes is 1. The summed E-state index contributed by atoms with van der Waals surface area (Å²) in [5.74, 6) is 0. The third kappa shape index (κ3) is 2.50. The Labute approximate surface area is 112 Å². The van der Waals surface area contributed by atoms with Gasteiger partial charge in [-0.3, -0.25) is 4.79 Å². The van der Waals surface area contributed by atoms with Crippen molar-refractivity contribution >= 4 is 18.9 Å². The molecule has 1 aromatic heterocycles. The first kappa shape index (κ1) is 14.0. The van der Waals surface area contributed by atoms with E-state index >= 15 is 0 Å². The normalized spacial score (nSPS) is 20.5. The Hall–Kier alpha value is -1.40. The molecule has 1 fully saturated rings. The van der Waals surface area contributed by atoms with Crippen LogP contribution in [0.25, 0.3) is 0 Å². The molecule has 0 radical (unpaired) electrons. The lowest BCUT2D eigenvalue weighted by Gasteiger charge is -2.32. The molecular formula is C13H18BNO4. The van der Waals surface area contributed by atoms with E-state index in [1.807, 2.05) is 27.7 Å². The minimum Gasteiger partial charge on any atom is -0.399 e. The summed E-state index contributed by atoms with van der Waals surface area (Å²) in [5, 5.41) is 0. The molecule has 2 rings (SSSR count). The van der Waals surface area contributed by atoms with Gasteiger partial charge in [0.1, 0.15) is 6.29 Å². The molecule has 0 aromatic carbocycles. The Morgan fingerprint density at radius 3 is 2.26 bits per heavy atom. The van der Waals surface area contributed by atoms with Crippen molar-refractivity contribution in [1.82, 2.24) is 4.98 Å². The molecular weight excluding hydrogens is 245 g/mol. The molecule has 0 atom stereocenters. The smallest absolute Gasteiger partial charge is 0.399 e. The number of nitrogens with one attached hydrogen (secondary N) is 1. The molecule has 0 amide bonds. The highest BCUT2D eigenvalue weighted by Gasteiger charge is 2.52. The number of carbonyl (C=O) groups excluding carboxylic acids is 1. The van der Waals surface area contributed by atoms with Gasteiger partial charge in [-0.05, 0) is 33.8 Å². The quantitative estimate of drug-likeness (QED) is 0.633. The van der Waals surface area contributed by atoms with Crippen LogP contribution in [0.4, 0.5) is 0 Å². The summed E-state index contributed by atoms with van der Waals surface area (Å²) in [4.78, 5) is 25.1. The Balaban J connectivity index is 2.30. The zero-order chi connectivity index (χ0) is 14.3. The van der Waals surface area contributed by atoms with Gasteiger partial charge in [0, 0.05) is 17.6 Å². The van der Waals surface area contributed by atoms with Gasteiger partial charge in [0.25, 0.3) is 0 Å². The minimum atomic E-state index is -0.681. The summed E-state index contributed by atoms with van der Waals surface area (Å²) in [7, 11) is -0.681. The Kier molecular flexibility index (Phi) is 3.41. The molecule has 0 unspecified atom stereocenters. The maximum Gasteiger partial charge on any atom is 0.500 e. The fraction of sp³-hybridized carbons (Fsp3) is 0.538. The van der Waals surface area contributed by atoms with Crippen molar-refractivity contribution in [3.8, 4) is 0 Å². The van der Waals surface area contributed by atoms with Crippen molar-refractivity contribution in [3.63, 3.8) is 0 Å². The molecule has 19 heavy (non-hydrogen) atoms. The summed E-state index contributed by atoms with van der Waals surface area (Å²) >= 11 is 0. The lowest BCUT2D eigenvalue weighted by atomic mass is 9.80. The number of H-pyrrole nitrogens is 1. The van der Waals surface area contributed by atoms with Gasteiger partial charge in [0.05, 0.1) is 11.2 Å². The lowest BCUT2D eigenvalue weighted by molar-refractivity contribution is -0.107. The van der Waals surface area contributed by atoms with Crippen molar-refractivity contribution in [2.45, 2.75) is 45.3 Å². The molecule has 0 aliphatic carbocycles. The first-order valence-corrected chi connectivity index (χ1v) is 6.28. The van der Waals surface area contributed by atoms with Crippen LogP contribution < -0.4 is 11.0 Å². The van der Waals surface area contributed by atoms with Gasteiger partial charge >= 0.3 is 7.12 Å². The number of hydrogen-bond donors (Lipinski definition) is 1. The second-order valence-electron chi connectivity index (χ2n) is 5.73. The molecule has 0 saturated carbocycles. The average molecular weight is 263 g/mol. The lowest BCUT2D eigenvalue weighted by Crippen LogP contribution is -2.45. The number of aromatic nitrogens is 1. The molecule has 0 bridgehead atoms. The van der Waals surface area contributed by atoms with Crippen LogP contribution in [-0.4, -0.2) is 29.6 Å². The maximum absolute atomic E-state index is 12.0. The second kappa shape index (κ2) is 4.61. The van der Waals surface area contributed by atoms with Crippen LogP contribution in [0.1, 0.15) is 33.4 Å². The molecule has 6 heteroatoms. The molecule has 0 spiro atoms. The van der Waals surface area contributed by atoms with Crippen molar-refractivity contribution in [3.05, 3.63) is 28.2 Å². The zero-order valence-corrected chi connectivity index (χ0v) is 11.6. The highest BCUT2D eigenvalue weighted by atomic mass is 16.7. The van der Waals surface area contributed by atoms with Crippen molar-refractivity contribution < 1.29 is 14.1 Å². The number of pyridine rings is 1. The molecule has 102 valence electrons. The maximum atomic E-state index is 12.0. The monoisotopic (exact) mass is 263 g/mol. The third-order valence-corrected chi connectivity index (χ3v) is 3.81. The molecule has 1 aliphatic rings. The molecule has 2 heterocycles. The van der Waals surface area contributed by atoms with E-state index in [1.54, 1.807) is 12.1 Å². The third-order valence-electron chi connectivity index (χ3n) is 3.81. The number of hydrogen-bond acceptors (Lipinski definition) is 4. The molecule has 1 aliphatic heterocycles. The second-order valence-corrected chi connectivity index (χ2v) is 5.73. The van der Waals surface area contributed by atoms with Gasteiger partial charge in [-0.15, -0.1) is 0 Å². The molecule has 1 aromatic rings. The first-order chi connectivity index (χ1) is 8.77. The summed E-state index contributed by atoms with van der Waals surface area (Å²) in [6.07, 6.45) is 0.943. The van der Waals surface area contributed by atoms with E-state index in [0.29, 0.717) is 11.2 Å². The predicted molar refractivity (Wildman–Crippen MR) is 72.5 cm³/mol. The zero-order valence-electron chi connectivity index (χ0n) is 11.6. The molecule has 1 saturated heterocycles. The predicted octanol–water partition coefficient (Wildman–Crippen LogP) is 0.415.